The molecule has 166 valence electrons. The van der Waals surface area contributed by atoms with Crippen LogP contribution in [0.4, 0.5) is 0 Å². The zero-order valence-electron chi connectivity index (χ0n) is 19.3. The molecule has 0 aliphatic rings. The fraction of sp³-hybridized carbons (Fsp3) is 1.00. The summed E-state index contributed by atoms with van der Waals surface area (Å²) in [6, 6.07) is 0. The summed E-state index contributed by atoms with van der Waals surface area (Å²) in [5.74, 6) is 0. The van der Waals surface area contributed by atoms with Crippen molar-refractivity contribution in [3.05, 3.63) is 0 Å². The molecule has 0 aromatic heterocycles. The molecule has 0 fully saturated rings. The van der Waals surface area contributed by atoms with Gasteiger partial charge in [-0.3, -0.25) is 0 Å². The SMILES string of the molecule is CCCCCCCCCC[N+](C)(C)C(CC)[Si](OCC)(OCC)OCC.[Cl-]. The van der Waals surface area contributed by atoms with Crippen molar-refractivity contribution in [1.82, 2.24) is 0 Å². The quantitative estimate of drug-likeness (QED) is 0.192. The summed E-state index contributed by atoms with van der Waals surface area (Å²) in [5, 5.41) is 0. The monoisotopic (exact) mass is 425 g/mol. The second-order valence-corrected chi connectivity index (χ2v) is 10.5. The lowest BCUT2D eigenvalue weighted by Crippen LogP contribution is -3.00. The zero-order chi connectivity index (χ0) is 19.9. The lowest BCUT2D eigenvalue weighted by molar-refractivity contribution is -0.906. The highest BCUT2D eigenvalue weighted by atomic mass is 35.5. The molecule has 4 nitrogen and oxygen atoms in total. The van der Waals surface area contributed by atoms with E-state index in [9.17, 15) is 0 Å². The van der Waals surface area contributed by atoms with Gasteiger partial charge in [-0.1, -0.05) is 52.4 Å². The lowest BCUT2D eigenvalue weighted by Gasteiger charge is -2.44. The predicted octanol–water partition coefficient (Wildman–Crippen LogP) is 2.57. The van der Waals surface area contributed by atoms with E-state index in [2.05, 4.69) is 27.9 Å². The number of quaternary nitrogens is 1. The van der Waals surface area contributed by atoms with Crippen LogP contribution in [-0.4, -0.2) is 59.4 Å². The Bertz CT molecular complexity index is 316. The second-order valence-electron chi connectivity index (χ2n) is 7.80. The number of hydrogen-bond donors (Lipinski definition) is 0. The third kappa shape index (κ3) is 11.2. The normalized spacial score (nSPS) is 13.4. The number of unbranched alkanes of at least 4 members (excludes halogenated alkanes) is 7. The Labute approximate surface area is 177 Å². The third-order valence-corrected chi connectivity index (χ3v) is 9.26. The number of halogens is 1. The molecule has 6 heteroatoms. The average Bonchev–Trinajstić information content (AvgIpc) is 2.58. The first-order valence-electron chi connectivity index (χ1n) is 11.2. The first-order valence-corrected chi connectivity index (χ1v) is 13.0. The fourth-order valence-electron chi connectivity index (χ4n) is 4.00. The Kier molecular flexibility index (Phi) is 18.9. The summed E-state index contributed by atoms with van der Waals surface area (Å²) in [5.41, 5.74) is 0.298. The molecular weight excluding hydrogens is 378 g/mol. The largest absolute Gasteiger partial charge is 1.00 e. The van der Waals surface area contributed by atoms with Crippen molar-refractivity contribution >= 4 is 8.80 Å². The van der Waals surface area contributed by atoms with Gasteiger partial charge in [0.2, 0.25) is 0 Å². The van der Waals surface area contributed by atoms with E-state index >= 15 is 0 Å². The molecule has 0 saturated heterocycles. The van der Waals surface area contributed by atoms with E-state index in [1.165, 1.54) is 51.4 Å². The summed E-state index contributed by atoms with van der Waals surface area (Å²) >= 11 is 0. The highest BCUT2D eigenvalue weighted by Gasteiger charge is 2.56. The Morgan fingerprint density at radius 1 is 0.667 bits per heavy atom. The minimum atomic E-state index is -2.68. The number of hydrogen-bond acceptors (Lipinski definition) is 3. The van der Waals surface area contributed by atoms with Crippen LogP contribution in [0.25, 0.3) is 0 Å². The molecule has 0 spiro atoms. The van der Waals surface area contributed by atoms with Gasteiger partial charge in [-0.05, 0) is 33.6 Å². The Morgan fingerprint density at radius 3 is 1.44 bits per heavy atom. The van der Waals surface area contributed by atoms with E-state index < -0.39 is 8.80 Å². The minimum absolute atomic E-state index is 0. The van der Waals surface area contributed by atoms with E-state index in [1.54, 1.807) is 0 Å². The average molecular weight is 426 g/mol. The predicted molar refractivity (Wildman–Crippen MR) is 114 cm³/mol. The van der Waals surface area contributed by atoms with Crippen LogP contribution in [0.15, 0.2) is 0 Å². The molecule has 0 bridgehead atoms. The van der Waals surface area contributed by atoms with Crippen molar-refractivity contribution in [3.8, 4) is 0 Å². The van der Waals surface area contributed by atoms with Crippen LogP contribution in [0.5, 0.6) is 0 Å². The minimum Gasteiger partial charge on any atom is -1.00 e. The molecule has 0 N–H and O–H groups in total. The molecule has 0 radical (unpaired) electrons. The van der Waals surface area contributed by atoms with Gasteiger partial charge in [0.25, 0.3) is 0 Å². The van der Waals surface area contributed by atoms with Gasteiger partial charge >= 0.3 is 8.80 Å². The van der Waals surface area contributed by atoms with Gasteiger partial charge < -0.3 is 30.2 Å². The van der Waals surface area contributed by atoms with Gasteiger partial charge in [0.05, 0.1) is 20.6 Å². The van der Waals surface area contributed by atoms with Crippen molar-refractivity contribution in [2.75, 3.05) is 40.5 Å². The smallest absolute Gasteiger partial charge is 0.562 e. The van der Waals surface area contributed by atoms with Gasteiger partial charge in [-0.2, -0.15) is 0 Å². The Morgan fingerprint density at radius 2 is 1.07 bits per heavy atom. The van der Waals surface area contributed by atoms with E-state index in [1.807, 2.05) is 20.8 Å². The highest BCUT2D eigenvalue weighted by molar-refractivity contribution is 6.62. The van der Waals surface area contributed by atoms with Crippen LogP contribution >= 0.6 is 0 Å². The van der Waals surface area contributed by atoms with Crippen molar-refractivity contribution in [1.29, 1.82) is 0 Å². The third-order valence-electron chi connectivity index (χ3n) is 5.26. The topological polar surface area (TPSA) is 27.7 Å². The van der Waals surface area contributed by atoms with E-state index in [4.69, 9.17) is 13.3 Å². The van der Waals surface area contributed by atoms with Gasteiger partial charge in [-0.15, -0.1) is 0 Å². The van der Waals surface area contributed by atoms with E-state index in [0.29, 0.717) is 25.5 Å². The molecule has 0 saturated carbocycles. The van der Waals surface area contributed by atoms with Crippen molar-refractivity contribution in [3.63, 3.8) is 0 Å². The van der Waals surface area contributed by atoms with Gasteiger partial charge in [0, 0.05) is 26.2 Å². The summed E-state index contributed by atoms with van der Waals surface area (Å²) in [7, 11) is 1.98. The van der Waals surface area contributed by atoms with Gasteiger partial charge in [0.1, 0.15) is 0 Å². The molecule has 0 aliphatic carbocycles. The van der Waals surface area contributed by atoms with Crippen LogP contribution in [0.1, 0.15) is 92.4 Å². The highest BCUT2D eigenvalue weighted by Crippen LogP contribution is 2.27. The molecule has 0 aromatic carbocycles. The molecule has 0 amide bonds. The second kappa shape index (κ2) is 17.2. The number of rotatable bonds is 18. The van der Waals surface area contributed by atoms with Crippen LogP contribution in [-0.2, 0) is 13.3 Å². The van der Waals surface area contributed by atoms with Crippen molar-refractivity contribution < 1.29 is 30.2 Å². The van der Waals surface area contributed by atoms with E-state index in [0.717, 1.165) is 17.4 Å². The van der Waals surface area contributed by atoms with Gasteiger partial charge in [0.15, 0.2) is 5.67 Å². The zero-order valence-corrected chi connectivity index (χ0v) is 21.1. The van der Waals surface area contributed by atoms with Crippen LogP contribution in [0.2, 0.25) is 0 Å². The van der Waals surface area contributed by atoms with Gasteiger partial charge in [-0.25, -0.2) is 0 Å². The first kappa shape index (κ1) is 29.5. The molecule has 0 heterocycles. The lowest BCUT2D eigenvalue weighted by atomic mass is 10.1. The molecule has 1 atom stereocenters. The Hall–Kier alpha value is 0.347. The molecule has 0 aliphatic heterocycles. The summed E-state index contributed by atoms with van der Waals surface area (Å²) in [6.07, 6.45) is 11.9. The maximum Gasteiger partial charge on any atom is 0.562 e. The van der Waals surface area contributed by atoms with Crippen molar-refractivity contribution in [2.45, 2.75) is 98.1 Å². The maximum absolute atomic E-state index is 6.21. The maximum atomic E-state index is 6.21. The summed E-state index contributed by atoms with van der Waals surface area (Å²) in [6.45, 7) is 13.8. The fourth-order valence-corrected chi connectivity index (χ4v) is 7.52. The van der Waals surface area contributed by atoms with Crippen LogP contribution in [0.3, 0.4) is 0 Å². The van der Waals surface area contributed by atoms with Crippen LogP contribution < -0.4 is 12.4 Å². The number of nitrogens with zero attached hydrogens (tertiary/aromatic N) is 1. The standard InChI is InChI=1S/C21H48NO3Si.ClH/c1-8-13-14-15-16-17-18-19-20-22(6,7)21(9-2)26(23-10-3,24-11-4)25-12-5;/h21H,8-20H2,1-7H3;1H/q+1;/p-1. The first-order chi connectivity index (χ1) is 12.4. The van der Waals surface area contributed by atoms with Crippen LogP contribution in [0, 0.1) is 0 Å². The molecule has 27 heavy (non-hydrogen) atoms. The molecular formula is C21H48ClNO3Si. The summed E-state index contributed by atoms with van der Waals surface area (Å²) < 4.78 is 19.6. The molecule has 1 unspecified atom stereocenters. The van der Waals surface area contributed by atoms with E-state index in [-0.39, 0.29) is 12.4 Å². The summed E-state index contributed by atoms with van der Waals surface area (Å²) in [4.78, 5) is 0. The Balaban J connectivity index is 0. The van der Waals surface area contributed by atoms with Crippen molar-refractivity contribution in [2.24, 2.45) is 0 Å². The molecule has 0 aromatic rings. The molecule has 0 rings (SSSR count).